The average molecular weight is 182 g/mol. The van der Waals surface area contributed by atoms with Gasteiger partial charge in [-0.05, 0) is 6.92 Å². The first-order valence-electron chi connectivity index (χ1n) is 4.06. The van der Waals surface area contributed by atoms with Crippen LogP contribution in [-0.2, 0) is 5.60 Å². The minimum atomic E-state index is -1.00. The van der Waals surface area contributed by atoms with Crippen molar-refractivity contribution in [3.05, 3.63) is 30.7 Å². The van der Waals surface area contributed by atoms with Crippen molar-refractivity contribution >= 4 is 0 Å². The van der Waals surface area contributed by atoms with Crippen molar-refractivity contribution in [1.82, 2.24) is 0 Å². The van der Waals surface area contributed by atoms with Crippen LogP contribution in [0.15, 0.2) is 29.4 Å². The zero-order chi connectivity index (χ0) is 9.90. The molecule has 0 aliphatic heterocycles. The van der Waals surface area contributed by atoms with Gasteiger partial charge >= 0.3 is 0 Å². The molecule has 3 nitrogen and oxygen atoms in total. The summed E-state index contributed by atoms with van der Waals surface area (Å²) in [5, 5.41) is 9.87. The standard InChI is InChI=1S/C10H14O3/c1-4-5-10(2,11)9-6-8(12-3)7-13-9/h4,6-7,11H,1,5H2,2-3H3/t10-/m0/s1. The number of rotatable bonds is 4. The first-order valence-corrected chi connectivity index (χ1v) is 4.06. The number of hydrogen-bond acceptors (Lipinski definition) is 3. The number of aliphatic hydroxyl groups is 1. The first kappa shape index (κ1) is 9.86. The Morgan fingerprint density at radius 1 is 1.77 bits per heavy atom. The van der Waals surface area contributed by atoms with Gasteiger partial charge in [0.15, 0.2) is 5.75 Å². The van der Waals surface area contributed by atoms with Crippen LogP contribution >= 0.6 is 0 Å². The summed E-state index contributed by atoms with van der Waals surface area (Å²) in [5.74, 6) is 1.10. The molecule has 0 spiro atoms. The molecule has 0 bridgehead atoms. The van der Waals surface area contributed by atoms with E-state index in [-0.39, 0.29) is 0 Å². The van der Waals surface area contributed by atoms with Crippen molar-refractivity contribution in [2.75, 3.05) is 7.11 Å². The topological polar surface area (TPSA) is 42.6 Å². The Morgan fingerprint density at radius 3 is 2.92 bits per heavy atom. The molecule has 3 heteroatoms. The Labute approximate surface area is 77.6 Å². The molecule has 0 unspecified atom stereocenters. The van der Waals surface area contributed by atoms with Gasteiger partial charge in [-0.15, -0.1) is 6.58 Å². The van der Waals surface area contributed by atoms with Gasteiger partial charge in [0.05, 0.1) is 7.11 Å². The van der Waals surface area contributed by atoms with Gasteiger partial charge in [-0.1, -0.05) is 6.08 Å². The van der Waals surface area contributed by atoms with Gasteiger partial charge in [-0.25, -0.2) is 0 Å². The van der Waals surface area contributed by atoms with Crippen LogP contribution < -0.4 is 4.74 Å². The highest BCUT2D eigenvalue weighted by molar-refractivity contribution is 5.23. The molecule has 0 aliphatic rings. The highest BCUT2D eigenvalue weighted by atomic mass is 16.5. The first-order chi connectivity index (χ1) is 6.10. The normalized spacial score (nSPS) is 15.0. The zero-order valence-electron chi connectivity index (χ0n) is 7.91. The summed E-state index contributed by atoms with van der Waals surface area (Å²) in [6.07, 6.45) is 3.56. The predicted molar refractivity (Wildman–Crippen MR) is 49.6 cm³/mol. The fourth-order valence-electron chi connectivity index (χ4n) is 1.09. The summed E-state index contributed by atoms with van der Waals surface area (Å²) in [5.41, 5.74) is -1.00. The minimum Gasteiger partial charge on any atom is -0.493 e. The van der Waals surface area contributed by atoms with Crippen molar-refractivity contribution in [2.24, 2.45) is 0 Å². The van der Waals surface area contributed by atoms with Gasteiger partial charge in [0.1, 0.15) is 17.6 Å². The van der Waals surface area contributed by atoms with E-state index in [1.807, 2.05) is 0 Å². The van der Waals surface area contributed by atoms with Gasteiger partial charge in [-0.2, -0.15) is 0 Å². The molecule has 1 atom stereocenters. The molecule has 0 fully saturated rings. The average Bonchev–Trinajstić information content (AvgIpc) is 2.52. The van der Waals surface area contributed by atoms with E-state index in [0.29, 0.717) is 17.9 Å². The fourth-order valence-corrected chi connectivity index (χ4v) is 1.09. The zero-order valence-corrected chi connectivity index (χ0v) is 7.91. The van der Waals surface area contributed by atoms with Gasteiger partial charge < -0.3 is 14.3 Å². The molecular weight excluding hydrogens is 168 g/mol. The molecule has 1 aromatic rings. The Balaban J connectivity index is 2.86. The second-order valence-electron chi connectivity index (χ2n) is 3.12. The quantitative estimate of drug-likeness (QED) is 0.725. The number of hydrogen-bond donors (Lipinski definition) is 1. The summed E-state index contributed by atoms with van der Waals surface area (Å²) in [7, 11) is 1.55. The Hall–Kier alpha value is -1.22. The van der Waals surface area contributed by atoms with Crippen LogP contribution in [0.4, 0.5) is 0 Å². The smallest absolute Gasteiger partial charge is 0.157 e. The molecule has 0 saturated carbocycles. The van der Waals surface area contributed by atoms with Crippen LogP contribution in [0.2, 0.25) is 0 Å². The van der Waals surface area contributed by atoms with Crippen LogP contribution in [-0.4, -0.2) is 12.2 Å². The second-order valence-corrected chi connectivity index (χ2v) is 3.12. The van der Waals surface area contributed by atoms with Crippen LogP contribution in [0.5, 0.6) is 5.75 Å². The fraction of sp³-hybridized carbons (Fsp3) is 0.400. The summed E-state index contributed by atoms with van der Waals surface area (Å²) in [6, 6.07) is 1.67. The van der Waals surface area contributed by atoms with E-state index < -0.39 is 5.60 Å². The van der Waals surface area contributed by atoms with Gasteiger partial charge in [0, 0.05) is 12.5 Å². The maximum Gasteiger partial charge on any atom is 0.157 e. The maximum absolute atomic E-state index is 9.87. The van der Waals surface area contributed by atoms with E-state index in [9.17, 15) is 5.11 Å². The molecule has 1 heterocycles. The minimum absolute atomic E-state index is 0.448. The molecule has 0 radical (unpaired) electrons. The van der Waals surface area contributed by atoms with E-state index >= 15 is 0 Å². The third kappa shape index (κ3) is 2.12. The van der Waals surface area contributed by atoms with Crippen LogP contribution in [0.25, 0.3) is 0 Å². The molecule has 0 amide bonds. The number of methoxy groups -OCH3 is 1. The van der Waals surface area contributed by atoms with E-state index in [4.69, 9.17) is 9.15 Å². The molecule has 0 aromatic carbocycles. The Bertz CT molecular complexity index is 286. The van der Waals surface area contributed by atoms with Crippen LogP contribution in [0.3, 0.4) is 0 Å². The lowest BCUT2D eigenvalue weighted by Crippen LogP contribution is -2.18. The van der Waals surface area contributed by atoms with Gasteiger partial charge in [0.25, 0.3) is 0 Å². The summed E-state index contributed by atoms with van der Waals surface area (Å²) < 4.78 is 10.1. The molecule has 1 aromatic heterocycles. The van der Waals surface area contributed by atoms with E-state index in [1.54, 1.807) is 26.2 Å². The lowest BCUT2D eigenvalue weighted by Gasteiger charge is -2.17. The highest BCUT2D eigenvalue weighted by Crippen LogP contribution is 2.28. The van der Waals surface area contributed by atoms with Crippen molar-refractivity contribution in [3.8, 4) is 5.75 Å². The van der Waals surface area contributed by atoms with E-state index in [2.05, 4.69) is 6.58 Å². The molecule has 1 rings (SSSR count). The summed E-state index contributed by atoms with van der Waals surface area (Å²) in [4.78, 5) is 0. The van der Waals surface area contributed by atoms with E-state index in [1.165, 1.54) is 6.26 Å². The molecule has 13 heavy (non-hydrogen) atoms. The third-order valence-electron chi connectivity index (χ3n) is 1.88. The molecule has 72 valence electrons. The number of ether oxygens (including phenoxy) is 1. The lowest BCUT2D eigenvalue weighted by atomic mass is 9.99. The predicted octanol–water partition coefficient (Wildman–Crippen LogP) is 2.07. The monoisotopic (exact) mass is 182 g/mol. The van der Waals surface area contributed by atoms with Crippen LogP contribution in [0.1, 0.15) is 19.1 Å². The largest absolute Gasteiger partial charge is 0.493 e. The highest BCUT2D eigenvalue weighted by Gasteiger charge is 2.25. The van der Waals surface area contributed by atoms with Crippen molar-refractivity contribution in [1.29, 1.82) is 0 Å². The SMILES string of the molecule is C=CC[C@](C)(O)c1cc(OC)co1. The van der Waals surface area contributed by atoms with Crippen molar-refractivity contribution in [2.45, 2.75) is 18.9 Å². The molecule has 0 saturated heterocycles. The second kappa shape index (κ2) is 3.66. The van der Waals surface area contributed by atoms with Crippen LogP contribution in [0, 0.1) is 0 Å². The summed E-state index contributed by atoms with van der Waals surface area (Å²) in [6.45, 7) is 5.24. The Morgan fingerprint density at radius 2 is 2.46 bits per heavy atom. The van der Waals surface area contributed by atoms with Crippen molar-refractivity contribution < 1.29 is 14.3 Å². The maximum atomic E-state index is 9.87. The van der Waals surface area contributed by atoms with E-state index in [0.717, 1.165) is 0 Å². The molecule has 1 N–H and O–H groups in total. The van der Waals surface area contributed by atoms with Crippen molar-refractivity contribution in [3.63, 3.8) is 0 Å². The molecular formula is C10H14O3. The lowest BCUT2D eigenvalue weighted by molar-refractivity contribution is 0.0372. The third-order valence-corrected chi connectivity index (χ3v) is 1.88. The van der Waals surface area contributed by atoms with Gasteiger partial charge in [-0.3, -0.25) is 0 Å². The Kier molecular flexibility index (Phi) is 2.78. The van der Waals surface area contributed by atoms with Gasteiger partial charge in [0.2, 0.25) is 0 Å². The number of furan rings is 1. The molecule has 0 aliphatic carbocycles. The summed E-state index contributed by atoms with van der Waals surface area (Å²) >= 11 is 0.